The molecule has 2 aromatic carbocycles. The molecule has 1 heterocycles. The van der Waals surface area contributed by atoms with Crippen LogP contribution < -0.4 is 10.1 Å². The molecule has 0 spiro atoms. The van der Waals surface area contributed by atoms with Crippen molar-refractivity contribution in [1.29, 1.82) is 0 Å². The highest BCUT2D eigenvalue weighted by Gasteiger charge is 2.33. The largest absolute Gasteiger partial charge is 0.487 e. The average Bonchev–Trinajstić information content (AvgIpc) is 2.40. The summed E-state index contributed by atoms with van der Waals surface area (Å²) < 4.78 is 6.08. The predicted molar refractivity (Wildman–Crippen MR) is 88.3 cm³/mol. The van der Waals surface area contributed by atoms with Crippen molar-refractivity contribution >= 4 is 17.3 Å². The third-order valence-electron chi connectivity index (χ3n) is 3.89. The lowest BCUT2D eigenvalue weighted by molar-refractivity contribution is 0.0759. The smallest absolute Gasteiger partial charge is 0.125 e. The van der Waals surface area contributed by atoms with Crippen molar-refractivity contribution in [1.82, 2.24) is 0 Å². The van der Waals surface area contributed by atoms with E-state index in [0.29, 0.717) is 0 Å². The summed E-state index contributed by atoms with van der Waals surface area (Å²) >= 11 is 6.04. The topological polar surface area (TPSA) is 21.3 Å². The van der Waals surface area contributed by atoms with Crippen molar-refractivity contribution in [3.05, 3.63) is 58.6 Å². The molecule has 0 saturated carbocycles. The Labute approximate surface area is 131 Å². The summed E-state index contributed by atoms with van der Waals surface area (Å²) in [5, 5.41) is 4.42. The Morgan fingerprint density at radius 3 is 2.71 bits per heavy atom. The van der Waals surface area contributed by atoms with Gasteiger partial charge in [-0.1, -0.05) is 29.8 Å². The number of rotatable bonds is 2. The molecule has 2 aromatic rings. The molecule has 3 rings (SSSR count). The van der Waals surface area contributed by atoms with Gasteiger partial charge in [0, 0.05) is 22.7 Å². The van der Waals surface area contributed by atoms with E-state index in [4.69, 9.17) is 16.3 Å². The van der Waals surface area contributed by atoms with Gasteiger partial charge in [0.2, 0.25) is 0 Å². The highest BCUT2D eigenvalue weighted by Crippen LogP contribution is 2.41. The van der Waals surface area contributed by atoms with E-state index in [2.05, 4.69) is 38.2 Å². The highest BCUT2D eigenvalue weighted by atomic mass is 35.5. The van der Waals surface area contributed by atoms with Crippen LogP contribution in [0.5, 0.6) is 5.75 Å². The molecule has 2 nitrogen and oxygen atoms in total. The fourth-order valence-corrected chi connectivity index (χ4v) is 3.13. The van der Waals surface area contributed by atoms with Gasteiger partial charge in [0.1, 0.15) is 11.4 Å². The van der Waals surface area contributed by atoms with E-state index in [0.717, 1.165) is 28.4 Å². The van der Waals surface area contributed by atoms with E-state index in [1.54, 1.807) is 0 Å². The summed E-state index contributed by atoms with van der Waals surface area (Å²) in [6, 6.07) is 14.4. The SMILES string of the molecule is Cc1cc(Cl)ccc1NC1CC(C)(C)Oc2ccccc21. The van der Waals surface area contributed by atoms with Crippen LogP contribution in [0.1, 0.15) is 37.4 Å². The zero-order chi connectivity index (χ0) is 15.0. The van der Waals surface area contributed by atoms with Gasteiger partial charge in [0.25, 0.3) is 0 Å². The van der Waals surface area contributed by atoms with Crippen LogP contribution in [0.4, 0.5) is 5.69 Å². The molecule has 110 valence electrons. The summed E-state index contributed by atoms with van der Waals surface area (Å²) in [6.45, 7) is 6.34. The molecule has 0 bridgehead atoms. The minimum absolute atomic E-state index is 0.174. The van der Waals surface area contributed by atoms with E-state index in [1.165, 1.54) is 5.56 Å². The number of fused-ring (bicyclic) bond motifs is 1. The molecular weight excluding hydrogens is 282 g/mol. The molecule has 0 aromatic heterocycles. The molecule has 1 atom stereocenters. The van der Waals surface area contributed by atoms with E-state index < -0.39 is 0 Å². The first-order valence-corrected chi connectivity index (χ1v) is 7.63. The molecule has 0 saturated heterocycles. The number of hydrogen-bond donors (Lipinski definition) is 1. The molecule has 0 amide bonds. The number of ether oxygens (including phenoxy) is 1. The van der Waals surface area contributed by atoms with Crippen molar-refractivity contribution < 1.29 is 4.74 Å². The molecule has 1 unspecified atom stereocenters. The molecule has 1 N–H and O–H groups in total. The van der Waals surface area contributed by atoms with Gasteiger partial charge in [-0.15, -0.1) is 0 Å². The lowest BCUT2D eigenvalue weighted by atomic mass is 9.89. The van der Waals surface area contributed by atoms with Crippen LogP contribution in [0.25, 0.3) is 0 Å². The summed E-state index contributed by atoms with van der Waals surface area (Å²) in [5.74, 6) is 0.970. The van der Waals surface area contributed by atoms with E-state index in [1.807, 2.05) is 30.3 Å². The van der Waals surface area contributed by atoms with Gasteiger partial charge in [-0.05, 0) is 50.6 Å². The number of anilines is 1. The van der Waals surface area contributed by atoms with Crippen LogP contribution in [-0.4, -0.2) is 5.60 Å². The van der Waals surface area contributed by atoms with Crippen LogP contribution in [0.2, 0.25) is 5.02 Å². The van der Waals surface area contributed by atoms with Crippen molar-refractivity contribution in [2.24, 2.45) is 0 Å². The second-order valence-corrected chi connectivity index (χ2v) is 6.70. The third-order valence-corrected chi connectivity index (χ3v) is 4.13. The Bertz CT molecular complexity index is 666. The Balaban J connectivity index is 1.94. The summed E-state index contributed by atoms with van der Waals surface area (Å²) in [4.78, 5) is 0. The monoisotopic (exact) mass is 301 g/mol. The third kappa shape index (κ3) is 3.01. The number of aryl methyl sites for hydroxylation is 1. The van der Waals surface area contributed by atoms with Gasteiger partial charge in [0.15, 0.2) is 0 Å². The second kappa shape index (κ2) is 5.27. The van der Waals surface area contributed by atoms with Gasteiger partial charge in [-0.3, -0.25) is 0 Å². The van der Waals surface area contributed by atoms with E-state index in [9.17, 15) is 0 Å². The maximum atomic E-state index is 6.08. The summed E-state index contributed by atoms with van der Waals surface area (Å²) in [6.07, 6.45) is 0.923. The Kier molecular flexibility index (Phi) is 3.58. The first kappa shape index (κ1) is 14.3. The molecule has 1 aliphatic rings. The van der Waals surface area contributed by atoms with Crippen molar-refractivity contribution in [2.45, 2.75) is 38.8 Å². The highest BCUT2D eigenvalue weighted by molar-refractivity contribution is 6.30. The molecular formula is C18H20ClNO. The number of hydrogen-bond acceptors (Lipinski definition) is 2. The maximum Gasteiger partial charge on any atom is 0.125 e. The lowest BCUT2D eigenvalue weighted by Crippen LogP contribution is -2.37. The zero-order valence-electron chi connectivity index (χ0n) is 12.6. The molecule has 0 aliphatic carbocycles. The standard InChI is InChI=1S/C18H20ClNO/c1-12-10-13(19)8-9-15(12)20-16-11-18(2,3)21-17-7-5-4-6-14(16)17/h4-10,16,20H,11H2,1-3H3. The minimum atomic E-state index is -0.174. The fourth-order valence-electron chi connectivity index (χ4n) is 2.91. The van der Waals surface area contributed by atoms with Crippen LogP contribution in [0.3, 0.4) is 0 Å². The molecule has 0 fully saturated rings. The number of nitrogens with one attached hydrogen (secondary N) is 1. The summed E-state index contributed by atoms with van der Waals surface area (Å²) in [7, 11) is 0. The molecule has 21 heavy (non-hydrogen) atoms. The van der Waals surface area contributed by atoms with E-state index in [-0.39, 0.29) is 11.6 Å². The van der Waals surface area contributed by atoms with E-state index >= 15 is 0 Å². The van der Waals surface area contributed by atoms with Crippen LogP contribution in [-0.2, 0) is 0 Å². The van der Waals surface area contributed by atoms with Gasteiger partial charge >= 0.3 is 0 Å². The van der Waals surface area contributed by atoms with Crippen molar-refractivity contribution in [2.75, 3.05) is 5.32 Å². The number of para-hydroxylation sites is 1. The fraction of sp³-hybridized carbons (Fsp3) is 0.333. The number of benzene rings is 2. The van der Waals surface area contributed by atoms with Gasteiger partial charge in [0.05, 0.1) is 6.04 Å². The maximum absolute atomic E-state index is 6.08. The van der Waals surface area contributed by atoms with Crippen molar-refractivity contribution in [3.63, 3.8) is 0 Å². The first-order valence-electron chi connectivity index (χ1n) is 7.25. The Morgan fingerprint density at radius 2 is 1.95 bits per heavy atom. The Morgan fingerprint density at radius 1 is 1.19 bits per heavy atom. The Hall–Kier alpha value is -1.67. The summed E-state index contributed by atoms with van der Waals surface area (Å²) in [5.41, 5.74) is 3.32. The first-order chi connectivity index (χ1) is 9.94. The van der Waals surface area contributed by atoms with Crippen LogP contribution >= 0.6 is 11.6 Å². The molecule has 1 aliphatic heterocycles. The molecule has 0 radical (unpaired) electrons. The quantitative estimate of drug-likeness (QED) is 0.806. The average molecular weight is 302 g/mol. The number of halogens is 1. The minimum Gasteiger partial charge on any atom is -0.487 e. The predicted octanol–water partition coefficient (Wildman–Crippen LogP) is 5.36. The van der Waals surface area contributed by atoms with Gasteiger partial charge in [-0.25, -0.2) is 0 Å². The normalized spacial score (nSPS) is 19.5. The lowest BCUT2D eigenvalue weighted by Gasteiger charge is -2.38. The van der Waals surface area contributed by atoms with Crippen molar-refractivity contribution in [3.8, 4) is 5.75 Å². The van der Waals surface area contributed by atoms with Crippen LogP contribution in [0, 0.1) is 6.92 Å². The van der Waals surface area contributed by atoms with Gasteiger partial charge in [-0.2, -0.15) is 0 Å². The van der Waals surface area contributed by atoms with Gasteiger partial charge < -0.3 is 10.1 Å². The zero-order valence-corrected chi connectivity index (χ0v) is 13.4. The van der Waals surface area contributed by atoms with Crippen LogP contribution in [0.15, 0.2) is 42.5 Å². The second-order valence-electron chi connectivity index (χ2n) is 6.26. The molecule has 3 heteroatoms.